The van der Waals surface area contributed by atoms with Crippen LogP contribution in [0.25, 0.3) is 11.0 Å². The Morgan fingerprint density at radius 3 is 2.64 bits per heavy atom. The second-order valence-electron chi connectivity index (χ2n) is 6.82. The molecule has 3 rings (SSSR count). The van der Waals surface area contributed by atoms with E-state index in [0.29, 0.717) is 16.4 Å². The van der Waals surface area contributed by atoms with E-state index in [1.165, 1.54) is 13.1 Å². The highest BCUT2D eigenvalue weighted by atomic mass is 35.5. The second kappa shape index (κ2) is 7.98. The number of carbonyl (C=O) groups excluding carboxylic acids is 2. The van der Waals surface area contributed by atoms with Crippen molar-refractivity contribution in [2.75, 3.05) is 5.32 Å². The number of hydrogen-bond donors (Lipinski definition) is 1. The lowest BCUT2D eigenvalue weighted by molar-refractivity contribution is -0.123. The molecule has 3 aromatic rings. The van der Waals surface area contributed by atoms with Crippen LogP contribution in [0.15, 0.2) is 36.7 Å². The number of pyridine rings is 1. The van der Waals surface area contributed by atoms with Gasteiger partial charge >= 0.3 is 5.97 Å². The molecule has 0 radical (unpaired) electrons. The Morgan fingerprint density at radius 1 is 1.18 bits per heavy atom. The summed E-state index contributed by atoms with van der Waals surface area (Å²) in [6.45, 7) is 7.35. The Kier molecular flexibility index (Phi) is 5.65. The molecule has 1 N–H and O–H groups in total. The summed E-state index contributed by atoms with van der Waals surface area (Å²) in [6, 6.07) is 6.99. The highest BCUT2D eigenvalue weighted by molar-refractivity contribution is 6.31. The lowest BCUT2D eigenvalue weighted by Gasteiger charge is -2.15. The zero-order valence-corrected chi connectivity index (χ0v) is 16.8. The second-order valence-corrected chi connectivity index (χ2v) is 7.25. The number of amides is 1. The van der Waals surface area contributed by atoms with Crippen LogP contribution in [-0.2, 0) is 9.53 Å². The van der Waals surface area contributed by atoms with E-state index >= 15 is 0 Å². The van der Waals surface area contributed by atoms with Gasteiger partial charge in [-0.25, -0.2) is 14.5 Å². The maximum absolute atomic E-state index is 12.4. The molecule has 0 saturated carbocycles. The third-order valence-corrected chi connectivity index (χ3v) is 4.50. The van der Waals surface area contributed by atoms with Gasteiger partial charge in [0.2, 0.25) is 0 Å². The molecule has 2 heterocycles. The van der Waals surface area contributed by atoms with E-state index in [9.17, 15) is 9.59 Å². The van der Waals surface area contributed by atoms with E-state index in [4.69, 9.17) is 16.3 Å². The van der Waals surface area contributed by atoms with Crippen LogP contribution in [-0.4, -0.2) is 32.7 Å². The van der Waals surface area contributed by atoms with Crippen LogP contribution in [0.5, 0.6) is 0 Å². The topological polar surface area (TPSA) is 86.1 Å². The Labute approximate surface area is 167 Å². The van der Waals surface area contributed by atoms with Crippen LogP contribution in [0, 0.1) is 6.92 Å². The van der Waals surface area contributed by atoms with Crippen LogP contribution in [0.3, 0.4) is 0 Å². The number of halogens is 1. The van der Waals surface area contributed by atoms with Crippen molar-refractivity contribution >= 4 is 40.2 Å². The largest absolute Gasteiger partial charge is 0.449 e. The van der Waals surface area contributed by atoms with Crippen LogP contribution in [0.1, 0.15) is 42.7 Å². The van der Waals surface area contributed by atoms with Gasteiger partial charge in [-0.15, -0.1) is 0 Å². The molecule has 1 aromatic carbocycles. The van der Waals surface area contributed by atoms with E-state index < -0.39 is 18.0 Å². The number of anilines is 1. The third kappa shape index (κ3) is 4.14. The predicted octanol–water partition coefficient (Wildman–Crippen LogP) is 4.16. The Balaban J connectivity index is 1.70. The average molecular weight is 401 g/mol. The number of nitrogens with zero attached hydrogens (tertiary/aromatic N) is 3. The number of ether oxygens (including phenoxy) is 1. The van der Waals surface area contributed by atoms with Crippen molar-refractivity contribution in [1.82, 2.24) is 14.8 Å². The summed E-state index contributed by atoms with van der Waals surface area (Å²) in [5.74, 6) is -1.07. The van der Waals surface area contributed by atoms with E-state index in [1.807, 2.05) is 20.8 Å². The molecule has 0 saturated heterocycles. The molecule has 8 heteroatoms. The smallest absolute Gasteiger partial charge is 0.340 e. The van der Waals surface area contributed by atoms with Crippen molar-refractivity contribution in [3.05, 3.63) is 52.8 Å². The van der Waals surface area contributed by atoms with Gasteiger partial charge in [0.25, 0.3) is 5.91 Å². The fourth-order valence-corrected chi connectivity index (χ4v) is 2.85. The Hall–Kier alpha value is -2.93. The normalized spacial score (nSPS) is 12.2. The first kappa shape index (κ1) is 19.8. The maximum Gasteiger partial charge on any atom is 0.340 e. The molecule has 0 aliphatic rings. The van der Waals surface area contributed by atoms with Gasteiger partial charge in [-0.2, -0.15) is 5.10 Å². The molecule has 0 spiro atoms. The number of hydrogen-bond acceptors (Lipinski definition) is 5. The summed E-state index contributed by atoms with van der Waals surface area (Å²) >= 11 is 5.96. The Morgan fingerprint density at radius 2 is 1.93 bits per heavy atom. The van der Waals surface area contributed by atoms with Gasteiger partial charge < -0.3 is 10.1 Å². The monoisotopic (exact) mass is 400 g/mol. The molecule has 0 fully saturated rings. The first-order chi connectivity index (χ1) is 13.3. The van der Waals surface area contributed by atoms with Crippen molar-refractivity contribution in [2.24, 2.45) is 0 Å². The van der Waals surface area contributed by atoms with Gasteiger partial charge in [0.1, 0.15) is 0 Å². The quantitative estimate of drug-likeness (QED) is 0.650. The van der Waals surface area contributed by atoms with Crippen molar-refractivity contribution in [3.63, 3.8) is 0 Å². The minimum atomic E-state index is -0.986. The number of benzene rings is 1. The van der Waals surface area contributed by atoms with Crippen molar-refractivity contribution in [2.45, 2.75) is 39.8 Å². The summed E-state index contributed by atoms with van der Waals surface area (Å²) in [5.41, 5.74) is 2.38. The van der Waals surface area contributed by atoms with E-state index in [1.54, 1.807) is 35.1 Å². The van der Waals surface area contributed by atoms with Crippen molar-refractivity contribution in [1.29, 1.82) is 0 Å². The van der Waals surface area contributed by atoms with Crippen LogP contribution < -0.4 is 5.32 Å². The van der Waals surface area contributed by atoms with Crippen LogP contribution in [0.2, 0.25) is 5.02 Å². The van der Waals surface area contributed by atoms with Crippen molar-refractivity contribution in [3.8, 4) is 0 Å². The number of aromatic nitrogens is 3. The summed E-state index contributed by atoms with van der Waals surface area (Å²) in [7, 11) is 0. The Bertz CT molecular complexity index is 1050. The number of nitrogens with one attached hydrogen (secondary N) is 1. The maximum atomic E-state index is 12.4. The van der Waals surface area contributed by atoms with Crippen LogP contribution in [0.4, 0.5) is 5.69 Å². The van der Waals surface area contributed by atoms with Crippen LogP contribution >= 0.6 is 11.6 Å². The SMILES string of the molecule is Cc1ccc(Cl)cc1NC(=O)C(C)OC(=O)c1cnc2c(cnn2C(C)C)c1. The van der Waals surface area contributed by atoms with E-state index in [0.717, 1.165) is 10.9 Å². The lowest BCUT2D eigenvalue weighted by atomic mass is 10.2. The summed E-state index contributed by atoms with van der Waals surface area (Å²) in [5, 5.41) is 8.23. The number of fused-ring (bicyclic) bond motifs is 1. The molecular formula is C20H21ClN4O3. The molecule has 1 amide bonds. The van der Waals surface area contributed by atoms with E-state index in [-0.39, 0.29) is 11.6 Å². The average Bonchev–Trinajstić information content (AvgIpc) is 3.08. The summed E-state index contributed by atoms with van der Waals surface area (Å²) in [4.78, 5) is 29.1. The van der Waals surface area contributed by atoms with E-state index in [2.05, 4.69) is 15.4 Å². The highest BCUT2D eigenvalue weighted by Gasteiger charge is 2.21. The predicted molar refractivity (Wildman–Crippen MR) is 108 cm³/mol. The van der Waals surface area contributed by atoms with Gasteiger partial charge in [-0.3, -0.25) is 4.79 Å². The van der Waals surface area contributed by atoms with Crippen molar-refractivity contribution < 1.29 is 14.3 Å². The minimum Gasteiger partial charge on any atom is -0.449 e. The highest BCUT2D eigenvalue weighted by Crippen LogP contribution is 2.21. The standard InChI is InChI=1S/C20H21ClN4O3/c1-11(2)25-18-14(10-23-25)7-15(9-22-18)20(27)28-13(4)19(26)24-17-8-16(21)6-5-12(17)3/h5-11,13H,1-4H3,(H,24,26). The molecule has 2 aromatic heterocycles. The van der Waals surface area contributed by atoms with Gasteiger partial charge in [-0.1, -0.05) is 17.7 Å². The van der Waals surface area contributed by atoms with Gasteiger partial charge in [-0.05, 0) is 51.5 Å². The molecule has 7 nitrogen and oxygen atoms in total. The third-order valence-electron chi connectivity index (χ3n) is 4.27. The van der Waals surface area contributed by atoms with Gasteiger partial charge in [0.05, 0.1) is 11.8 Å². The molecule has 0 aliphatic heterocycles. The first-order valence-corrected chi connectivity index (χ1v) is 9.25. The fourth-order valence-electron chi connectivity index (χ4n) is 2.67. The fraction of sp³-hybridized carbons (Fsp3) is 0.300. The first-order valence-electron chi connectivity index (χ1n) is 8.87. The molecule has 1 unspecified atom stereocenters. The molecule has 1 atom stereocenters. The zero-order chi connectivity index (χ0) is 20.4. The zero-order valence-electron chi connectivity index (χ0n) is 16.1. The molecule has 28 heavy (non-hydrogen) atoms. The lowest BCUT2D eigenvalue weighted by Crippen LogP contribution is -2.30. The molecule has 0 bridgehead atoms. The van der Waals surface area contributed by atoms with Gasteiger partial charge in [0.15, 0.2) is 11.8 Å². The minimum absolute atomic E-state index is 0.154. The number of carbonyl (C=O) groups is 2. The molecule has 0 aliphatic carbocycles. The summed E-state index contributed by atoms with van der Waals surface area (Å²) < 4.78 is 7.06. The van der Waals surface area contributed by atoms with Gasteiger partial charge in [0, 0.05) is 28.3 Å². The number of rotatable bonds is 5. The summed E-state index contributed by atoms with van der Waals surface area (Å²) in [6.07, 6.45) is 2.09. The number of aryl methyl sites for hydroxylation is 1. The number of esters is 1. The molecule has 146 valence electrons. The molecular weight excluding hydrogens is 380 g/mol.